The molecular formula is C19H22N4O3. The average Bonchev–Trinajstić information content (AvgIpc) is 2.60. The Hall–Kier alpha value is -3.09. The second kappa shape index (κ2) is 6.67. The first-order valence-electron chi connectivity index (χ1n) is 8.43. The molecule has 0 spiro atoms. The van der Waals surface area contributed by atoms with Crippen molar-refractivity contribution >= 4 is 29.1 Å². The van der Waals surface area contributed by atoms with Gasteiger partial charge in [0.05, 0.1) is 0 Å². The first-order valence-corrected chi connectivity index (χ1v) is 8.43. The summed E-state index contributed by atoms with van der Waals surface area (Å²) in [4.78, 5) is 31.0. The fraction of sp³-hybridized carbons (Fsp3) is 0.316. The zero-order valence-electron chi connectivity index (χ0n) is 15.2. The molecule has 0 bridgehead atoms. The van der Waals surface area contributed by atoms with E-state index in [0.717, 1.165) is 16.8 Å². The zero-order chi connectivity index (χ0) is 19.0. The Morgan fingerprint density at radius 1 is 1.31 bits per heavy atom. The van der Waals surface area contributed by atoms with E-state index in [1.165, 1.54) is 4.90 Å². The van der Waals surface area contributed by atoms with E-state index >= 15 is 0 Å². The summed E-state index contributed by atoms with van der Waals surface area (Å²) in [5.74, 6) is 0.298. The number of nitrogens with two attached hydrogens (primary N) is 1. The lowest BCUT2D eigenvalue weighted by molar-refractivity contribution is -0.128. The molecule has 0 saturated carbocycles. The van der Waals surface area contributed by atoms with Gasteiger partial charge in [0.15, 0.2) is 17.7 Å². The number of fused-ring (bicyclic) bond motifs is 1. The minimum absolute atomic E-state index is 0.252. The molecule has 2 amide bonds. The van der Waals surface area contributed by atoms with Gasteiger partial charge in [0.1, 0.15) is 11.9 Å². The lowest BCUT2D eigenvalue weighted by Crippen LogP contribution is -2.53. The fourth-order valence-electron chi connectivity index (χ4n) is 2.87. The Morgan fingerprint density at radius 2 is 2.04 bits per heavy atom. The topological polar surface area (TPSA) is 97.5 Å². The third-order valence-corrected chi connectivity index (χ3v) is 4.61. The maximum Gasteiger partial charge on any atom is 0.269 e. The van der Waals surface area contributed by atoms with Crippen molar-refractivity contribution in [1.29, 1.82) is 0 Å². The molecule has 0 saturated heterocycles. The molecular weight excluding hydrogens is 332 g/mol. The Labute approximate surface area is 152 Å². The van der Waals surface area contributed by atoms with Gasteiger partial charge >= 0.3 is 0 Å². The van der Waals surface area contributed by atoms with Crippen LogP contribution in [-0.4, -0.2) is 28.9 Å². The average molecular weight is 354 g/mol. The predicted molar refractivity (Wildman–Crippen MR) is 100 cm³/mol. The molecule has 1 aliphatic rings. The number of nitrogens with zero attached hydrogens (tertiary/aromatic N) is 2. The lowest BCUT2D eigenvalue weighted by Gasteiger charge is -2.35. The Balaban J connectivity index is 1.92. The number of carbonyl (C=O) groups excluding carboxylic acids is 2. The largest absolute Gasteiger partial charge is 0.477 e. The molecule has 2 atom stereocenters. The van der Waals surface area contributed by atoms with E-state index in [0.29, 0.717) is 5.75 Å². The Kier molecular flexibility index (Phi) is 4.54. The lowest BCUT2D eigenvalue weighted by atomic mass is 10.1. The van der Waals surface area contributed by atoms with Crippen LogP contribution in [0.15, 0.2) is 30.3 Å². The molecule has 1 aliphatic heterocycles. The van der Waals surface area contributed by atoms with Crippen LogP contribution < -0.4 is 20.7 Å². The number of amides is 2. The van der Waals surface area contributed by atoms with E-state index in [2.05, 4.69) is 10.3 Å². The van der Waals surface area contributed by atoms with E-state index in [4.69, 9.17) is 10.5 Å². The molecule has 2 aromatic rings. The highest BCUT2D eigenvalue weighted by atomic mass is 16.5. The maximum atomic E-state index is 12.8. The van der Waals surface area contributed by atoms with Crippen molar-refractivity contribution in [2.75, 3.05) is 16.0 Å². The molecule has 0 aliphatic carbocycles. The summed E-state index contributed by atoms with van der Waals surface area (Å²) in [6.45, 7) is 7.22. The van der Waals surface area contributed by atoms with Gasteiger partial charge in [-0.1, -0.05) is 12.1 Å². The van der Waals surface area contributed by atoms with Crippen LogP contribution in [0.3, 0.4) is 0 Å². The molecule has 7 nitrogen and oxygen atoms in total. The normalized spacial score (nSPS) is 17.3. The van der Waals surface area contributed by atoms with Crippen LogP contribution in [-0.2, 0) is 9.59 Å². The molecule has 0 radical (unpaired) electrons. The third-order valence-electron chi connectivity index (χ3n) is 4.61. The van der Waals surface area contributed by atoms with Crippen LogP contribution in [0.5, 0.6) is 5.75 Å². The molecule has 26 heavy (non-hydrogen) atoms. The first-order chi connectivity index (χ1) is 12.3. The molecule has 3 N–H and O–H groups in total. The molecule has 0 fully saturated rings. The van der Waals surface area contributed by atoms with Gasteiger partial charge in [-0.15, -0.1) is 0 Å². The summed E-state index contributed by atoms with van der Waals surface area (Å²) in [5.41, 5.74) is 8.53. The van der Waals surface area contributed by atoms with Gasteiger partial charge in [-0.2, -0.15) is 0 Å². The number of ether oxygens (including phenoxy) is 1. The molecule has 136 valence electrons. The van der Waals surface area contributed by atoms with Crippen molar-refractivity contribution in [3.05, 3.63) is 41.5 Å². The van der Waals surface area contributed by atoms with Crippen LogP contribution in [0.2, 0.25) is 0 Å². The minimum Gasteiger partial charge on any atom is -0.477 e. The van der Waals surface area contributed by atoms with Crippen LogP contribution >= 0.6 is 0 Å². The minimum atomic E-state index is -0.776. The quantitative estimate of drug-likeness (QED) is 0.882. The molecule has 3 rings (SSSR count). The Morgan fingerprint density at radius 3 is 2.77 bits per heavy atom. The monoisotopic (exact) mass is 354 g/mol. The number of benzene rings is 1. The molecule has 2 heterocycles. The molecule has 1 aromatic heterocycles. The van der Waals surface area contributed by atoms with Gasteiger partial charge in [0.25, 0.3) is 5.91 Å². The molecule has 2 unspecified atom stereocenters. The van der Waals surface area contributed by atoms with E-state index in [-0.39, 0.29) is 23.5 Å². The number of nitrogens with one attached hydrogen (secondary N) is 1. The standard InChI is InChI=1S/C19H22N4O3/c1-10-6-5-7-14(11(10)2)21-18(24)12(3)23-17-15(8-9-16(20)22-17)26-13(4)19(23)25/h5-9,12-13H,1-4H3,(H2,20,22)(H,21,24). The summed E-state index contributed by atoms with van der Waals surface area (Å²) in [6.07, 6.45) is -0.705. The second-order valence-corrected chi connectivity index (χ2v) is 6.44. The number of aromatic nitrogens is 1. The van der Waals surface area contributed by atoms with Crippen molar-refractivity contribution in [2.24, 2.45) is 0 Å². The van der Waals surface area contributed by atoms with Gasteiger partial charge in [-0.05, 0) is 57.0 Å². The van der Waals surface area contributed by atoms with E-state index in [9.17, 15) is 9.59 Å². The number of rotatable bonds is 3. The van der Waals surface area contributed by atoms with Crippen LogP contribution in [0.1, 0.15) is 25.0 Å². The Bertz CT molecular complexity index is 881. The number of pyridine rings is 1. The van der Waals surface area contributed by atoms with Crippen molar-refractivity contribution in [3.63, 3.8) is 0 Å². The van der Waals surface area contributed by atoms with E-state index in [1.54, 1.807) is 26.0 Å². The highest BCUT2D eigenvalue weighted by Crippen LogP contribution is 2.34. The van der Waals surface area contributed by atoms with Gasteiger partial charge in [-0.3, -0.25) is 14.5 Å². The van der Waals surface area contributed by atoms with E-state index < -0.39 is 12.1 Å². The summed E-state index contributed by atoms with van der Waals surface area (Å²) >= 11 is 0. The highest BCUT2D eigenvalue weighted by molar-refractivity contribution is 6.07. The molecule has 1 aromatic carbocycles. The van der Waals surface area contributed by atoms with Crippen molar-refractivity contribution in [3.8, 4) is 5.75 Å². The zero-order valence-corrected chi connectivity index (χ0v) is 15.2. The van der Waals surface area contributed by atoms with Gasteiger partial charge in [0, 0.05) is 5.69 Å². The van der Waals surface area contributed by atoms with Crippen molar-refractivity contribution in [2.45, 2.75) is 39.8 Å². The number of anilines is 3. The van der Waals surface area contributed by atoms with Crippen LogP contribution in [0.4, 0.5) is 17.3 Å². The number of nitrogen functional groups attached to an aromatic ring is 1. The van der Waals surface area contributed by atoms with Crippen LogP contribution in [0, 0.1) is 13.8 Å². The first kappa shape index (κ1) is 17.7. The summed E-state index contributed by atoms with van der Waals surface area (Å²) < 4.78 is 5.57. The van der Waals surface area contributed by atoms with Crippen molar-refractivity contribution in [1.82, 2.24) is 4.98 Å². The van der Waals surface area contributed by atoms with Crippen LogP contribution in [0.25, 0.3) is 0 Å². The maximum absolute atomic E-state index is 12.8. The summed E-state index contributed by atoms with van der Waals surface area (Å²) in [7, 11) is 0. The van der Waals surface area contributed by atoms with Gasteiger partial charge < -0.3 is 15.8 Å². The number of aryl methyl sites for hydroxylation is 1. The van der Waals surface area contributed by atoms with Gasteiger partial charge in [-0.25, -0.2) is 4.98 Å². The number of carbonyl (C=O) groups is 2. The second-order valence-electron chi connectivity index (χ2n) is 6.44. The summed E-state index contributed by atoms with van der Waals surface area (Å²) in [6, 6.07) is 8.17. The van der Waals surface area contributed by atoms with Gasteiger partial charge in [0.2, 0.25) is 5.91 Å². The highest BCUT2D eigenvalue weighted by Gasteiger charge is 2.38. The van der Waals surface area contributed by atoms with Crippen molar-refractivity contribution < 1.29 is 14.3 Å². The number of hydrogen-bond acceptors (Lipinski definition) is 5. The molecule has 7 heteroatoms. The predicted octanol–water partition coefficient (Wildman–Crippen LogP) is 2.42. The fourth-order valence-corrected chi connectivity index (χ4v) is 2.87. The smallest absolute Gasteiger partial charge is 0.269 e. The SMILES string of the molecule is Cc1cccc(NC(=O)C(C)N2C(=O)C(C)Oc3ccc(N)nc32)c1C. The third kappa shape index (κ3) is 3.08. The summed E-state index contributed by atoms with van der Waals surface area (Å²) in [5, 5.41) is 2.90. The number of hydrogen-bond donors (Lipinski definition) is 2. The van der Waals surface area contributed by atoms with E-state index in [1.807, 2.05) is 32.0 Å².